The lowest BCUT2D eigenvalue weighted by molar-refractivity contribution is 0.0720. The molecule has 3 aliphatic rings. The molecule has 1 unspecified atom stereocenters. The van der Waals surface area contributed by atoms with Crippen LogP contribution in [0.3, 0.4) is 0 Å². The highest BCUT2D eigenvalue weighted by Crippen LogP contribution is 2.27. The van der Waals surface area contributed by atoms with Crippen molar-refractivity contribution < 1.29 is 0 Å². The van der Waals surface area contributed by atoms with Crippen molar-refractivity contribution in [3.8, 4) is 0 Å². The third kappa shape index (κ3) is 3.85. The second-order valence-electron chi connectivity index (χ2n) is 5.55. The fraction of sp³-hybridized carbons (Fsp3) is 0.600. The SMILES string of the molecule is Cc1ccccc1CNC1CN2CCC1CC2.Cl.Cl. The molecule has 4 rings (SSSR count). The third-order valence-electron chi connectivity index (χ3n) is 4.47. The first kappa shape index (κ1) is 16.8. The van der Waals surface area contributed by atoms with Crippen LogP contribution in [-0.4, -0.2) is 30.6 Å². The van der Waals surface area contributed by atoms with Crippen molar-refractivity contribution in [3.63, 3.8) is 0 Å². The number of rotatable bonds is 3. The normalized spacial score (nSPS) is 28.4. The van der Waals surface area contributed by atoms with Crippen LogP contribution in [0, 0.1) is 12.8 Å². The standard InChI is InChI=1S/C15H22N2.2ClH/c1-12-4-2-3-5-14(12)10-16-15-11-17-8-6-13(15)7-9-17;;/h2-5,13,15-16H,6-11H2,1H3;2*1H. The minimum Gasteiger partial charge on any atom is -0.308 e. The molecular formula is C15H24Cl2N2. The van der Waals surface area contributed by atoms with Gasteiger partial charge in [-0.1, -0.05) is 24.3 Å². The monoisotopic (exact) mass is 302 g/mol. The molecule has 0 radical (unpaired) electrons. The molecule has 3 aliphatic heterocycles. The van der Waals surface area contributed by atoms with Gasteiger partial charge in [-0.25, -0.2) is 0 Å². The summed E-state index contributed by atoms with van der Waals surface area (Å²) >= 11 is 0. The van der Waals surface area contributed by atoms with Crippen molar-refractivity contribution in [1.29, 1.82) is 0 Å². The van der Waals surface area contributed by atoms with E-state index in [0.717, 1.165) is 18.5 Å². The van der Waals surface area contributed by atoms with Gasteiger partial charge >= 0.3 is 0 Å². The molecule has 0 aliphatic carbocycles. The highest BCUT2D eigenvalue weighted by Gasteiger charge is 2.33. The molecule has 3 saturated heterocycles. The number of aryl methyl sites for hydroxylation is 1. The summed E-state index contributed by atoms with van der Waals surface area (Å²) in [5, 5.41) is 3.77. The molecule has 0 saturated carbocycles. The van der Waals surface area contributed by atoms with Gasteiger partial charge in [-0.15, -0.1) is 24.8 Å². The number of benzene rings is 1. The minimum atomic E-state index is 0. The molecule has 1 aromatic rings. The van der Waals surface area contributed by atoms with Crippen molar-refractivity contribution in [2.24, 2.45) is 5.92 Å². The number of halogens is 2. The van der Waals surface area contributed by atoms with E-state index in [9.17, 15) is 0 Å². The van der Waals surface area contributed by atoms with Crippen LogP contribution in [0.1, 0.15) is 24.0 Å². The van der Waals surface area contributed by atoms with E-state index in [0.29, 0.717) is 0 Å². The fourth-order valence-electron chi connectivity index (χ4n) is 3.25. The summed E-state index contributed by atoms with van der Waals surface area (Å²) in [6.07, 6.45) is 2.79. The zero-order valence-electron chi connectivity index (χ0n) is 11.5. The molecular weight excluding hydrogens is 279 g/mol. The summed E-state index contributed by atoms with van der Waals surface area (Å²) < 4.78 is 0. The summed E-state index contributed by atoms with van der Waals surface area (Å²) in [4.78, 5) is 2.61. The van der Waals surface area contributed by atoms with Gasteiger partial charge in [0.15, 0.2) is 0 Å². The molecule has 0 amide bonds. The molecule has 3 heterocycles. The van der Waals surface area contributed by atoms with Gasteiger partial charge in [0.1, 0.15) is 0 Å². The van der Waals surface area contributed by atoms with Crippen molar-refractivity contribution in [1.82, 2.24) is 10.2 Å². The molecule has 4 heteroatoms. The van der Waals surface area contributed by atoms with E-state index < -0.39 is 0 Å². The average Bonchev–Trinajstić information content (AvgIpc) is 2.39. The molecule has 2 bridgehead atoms. The number of nitrogens with one attached hydrogen (secondary N) is 1. The van der Waals surface area contributed by atoms with Gasteiger partial charge in [-0.05, 0) is 49.9 Å². The summed E-state index contributed by atoms with van der Waals surface area (Å²) in [7, 11) is 0. The quantitative estimate of drug-likeness (QED) is 0.923. The number of hydrogen-bond donors (Lipinski definition) is 1. The molecule has 108 valence electrons. The van der Waals surface area contributed by atoms with Gasteiger partial charge in [0.25, 0.3) is 0 Å². The predicted octanol–water partition coefficient (Wildman–Crippen LogP) is 3.02. The Kier molecular flexibility index (Phi) is 6.61. The van der Waals surface area contributed by atoms with Crippen LogP contribution in [0.4, 0.5) is 0 Å². The molecule has 2 nitrogen and oxygen atoms in total. The minimum absolute atomic E-state index is 0. The zero-order valence-corrected chi connectivity index (χ0v) is 13.1. The lowest BCUT2D eigenvalue weighted by Gasteiger charge is -2.45. The number of fused-ring (bicyclic) bond motifs is 3. The Labute approximate surface area is 128 Å². The van der Waals surface area contributed by atoms with Crippen molar-refractivity contribution in [2.75, 3.05) is 19.6 Å². The Morgan fingerprint density at radius 3 is 2.42 bits per heavy atom. The summed E-state index contributed by atoms with van der Waals surface area (Å²) in [5.41, 5.74) is 2.85. The number of piperidine rings is 3. The van der Waals surface area contributed by atoms with E-state index in [1.807, 2.05) is 0 Å². The van der Waals surface area contributed by atoms with Crippen molar-refractivity contribution in [3.05, 3.63) is 35.4 Å². The Morgan fingerprint density at radius 2 is 1.84 bits per heavy atom. The first-order chi connectivity index (χ1) is 8.33. The first-order valence-corrected chi connectivity index (χ1v) is 6.83. The maximum atomic E-state index is 3.77. The Bertz CT molecular complexity index is 389. The lowest BCUT2D eigenvalue weighted by atomic mass is 9.84. The topological polar surface area (TPSA) is 15.3 Å². The lowest BCUT2D eigenvalue weighted by Crippen LogP contribution is -2.55. The fourth-order valence-corrected chi connectivity index (χ4v) is 3.25. The number of hydrogen-bond acceptors (Lipinski definition) is 2. The van der Waals surface area contributed by atoms with Gasteiger partial charge in [0.2, 0.25) is 0 Å². The van der Waals surface area contributed by atoms with Crippen molar-refractivity contribution in [2.45, 2.75) is 32.4 Å². The first-order valence-electron chi connectivity index (χ1n) is 6.83. The highest BCUT2D eigenvalue weighted by molar-refractivity contribution is 5.85. The van der Waals surface area contributed by atoms with Crippen LogP contribution in [0.5, 0.6) is 0 Å². The van der Waals surface area contributed by atoms with Crippen LogP contribution in [0.25, 0.3) is 0 Å². The van der Waals surface area contributed by atoms with Crippen molar-refractivity contribution >= 4 is 24.8 Å². The third-order valence-corrected chi connectivity index (χ3v) is 4.47. The molecule has 1 aromatic carbocycles. The van der Waals surface area contributed by atoms with Crippen LogP contribution >= 0.6 is 24.8 Å². The highest BCUT2D eigenvalue weighted by atomic mass is 35.5. The molecule has 1 atom stereocenters. The Balaban J connectivity index is 0.000000902. The largest absolute Gasteiger partial charge is 0.308 e. The van der Waals surface area contributed by atoms with Gasteiger partial charge in [-0.3, -0.25) is 0 Å². The van der Waals surface area contributed by atoms with Crippen LogP contribution < -0.4 is 5.32 Å². The van der Waals surface area contributed by atoms with E-state index in [2.05, 4.69) is 41.4 Å². The smallest absolute Gasteiger partial charge is 0.0227 e. The van der Waals surface area contributed by atoms with Gasteiger partial charge < -0.3 is 10.2 Å². The molecule has 3 fully saturated rings. The second kappa shape index (κ2) is 7.49. The maximum absolute atomic E-state index is 3.77. The van der Waals surface area contributed by atoms with Crippen LogP contribution in [0.2, 0.25) is 0 Å². The Morgan fingerprint density at radius 1 is 1.16 bits per heavy atom. The van der Waals surface area contributed by atoms with E-state index in [1.54, 1.807) is 0 Å². The van der Waals surface area contributed by atoms with E-state index in [1.165, 1.54) is 43.6 Å². The summed E-state index contributed by atoms with van der Waals surface area (Å²) in [6.45, 7) is 7.15. The van der Waals surface area contributed by atoms with Gasteiger partial charge in [0.05, 0.1) is 0 Å². The molecule has 0 aromatic heterocycles. The Hall–Kier alpha value is -0.280. The zero-order chi connectivity index (χ0) is 11.7. The van der Waals surface area contributed by atoms with E-state index in [4.69, 9.17) is 0 Å². The molecule has 1 N–H and O–H groups in total. The average molecular weight is 303 g/mol. The molecule has 19 heavy (non-hydrogen) atoms. The van der Waals surface area contributed by atoms with E-state index in [-0.39, 0.29) is 24.8 Å². The predicted molar refractivity (Wildman–Crippen MR) is 85.5 cm³/mol. The maximum Gasteiger partial charge on any atom is 0.0227 e. The van der Waals surface area contributed by atoms with Gasteiger partial charge in [-0.2, -0.15) is 0 Å². The summed E-state index contributed by atoms with van der Waals surface area (Å²) in [5.74, 6) is 0.920. The van der Waals surface area contributed by atoms with Crippen LogP contribution in [0.15, 0.2) is 24.3 Å². The van der Waals surface area contributed by atoms with Gasteiger partial charge in [0, 0.05) is 19.1 Å². The van der Waals surface area contributed by atoms with Crippen LogP contribution in [-0.2, 0) is 6.54 Å². The molecule has 0 spiro atoms. The summed E-state index contributed by atoms with van der Waals surface area (Å²) in [6, 6.07) is 9.42. The number of nitrogens with zero attached hydrogens (tertiary/aromatic N) is 1. The second-order valence-corrected chi connectivity index (χ2v) is 5.55. The van der Waals surface area contributed by atoms with E-state index >= 15 is 0 Å².